The molecule has 156 valence electrons. The number of rotatable bonds is 3. The standard InChI is InChI=1S/C24H27N3O3/c28-22(26-13-15-27(16-14-26)23(29)24(30)10-11-24)19-7-5-18(6-8-19)21-20-4-2-1-3-17(20)9-12-25-21/h1-8,21,25,30H,9-16H2. The third-order valence-corrected chi connectivity index (χ3v) is 6.58. The van der Waals surface area contributed by atoms with Gasteiger partial charge in [-0.2, -0.15) is 0 Å². The molecule has 2 amide bonds. The van der Waals surface area contributed by atoms with Gasteiger partial charge in [0.1, 0.15) is 5.60 Å². The first-order valence-corrected chi connectivity index (χ1v) is 10.8. The predicted octanol–water partition coefficient (Wildman–Crippen LogP) is 1.73. The van der Waals surface area contributed by atoms with E-state index in [0.29, 0.717) is 44.6 Å². The van der Waals surface area contributed by atoms with Gasteiger partial charge in [0.25, 0.3) is 11.8 Å². The van der Waals surface area contributed by atoms with Crippen molar-refractivity contribution in [3.05, 3.63) is 70.8 Å². The maximum absolute atomic E-state index is 12.9. The second kappa shape index (κ2) is 7.52. The van der Waals surface area contributed by atoms with Crippen molar-refractivity contribution < 1.29 is 14.7 Å². The number of hydrogen-bond donors (Lipinski definition) is 2. The highest BCUT2D eigenvalue weighted by Crippen LogP contribution is 2.37. The van der Waals surface area contributed by atoms with Gasteiger partial charge in [-0.1, -0.05) is 36.4 Å². The lowest BCUT2D eigenvalue weighted by Gasteiger charge is -2.35. The minimum atomic E-state index is -1.13. The molecule has 2 heterocycles. The number of nitrogens with one attached hydrogen (secondary N) is 1. The van der Waals surface area contributed by atoms with Crippen LogP contribution in [0.15, 0.2) is 48.5 Å². The number of carbonyl (C=O) groups is 2. The molecule has 1 aliphatic carbocycles. The smallest absolute Gasteiger partial charge is 0.254 e. The third kappa shape index (κ3) is 3.50. The number of amides is 2. The molecule has 2 fully saturated rings. The van der Waals surface area contributed by atoms with Gasteiger partial charge in [0.15, 0.2) is 0 Å². The van der Waals surface area contributed by atoms with Crippen LogP contribution in [0.2, 0.25) is 0 Å². The number of aliphatic hydroxyl groups is 1. The molecule has 0 bridgehead atoms. The molecule has 2 aromatic rings. The highest BCUT2D eigenvalue weighted by Gasteiger charge is 2.50. The second-order valence-electron chi connectivity index (χ2n) is 8.57. The molecule has 1 saturated heterocycles. The van der Waals surface area contributed by atoms with Crippen molar-refractivity contribution in [1.82, 2.24) is 15.1 Å². The molecule has 0 radical (unpaired) electrons. The van der Waals surface area contributed by atoms with E-state index < -0.39 is 5.60 Å². The Bertz CT molecular complexity index is 960. The van der Waals surface area contributed by atoms with Crippen molar-refractivity contribution in [2.75, 3.05) is 32.7 Å². The van der Waals surface area contributed by atoms with Gasteiger partial charge in [-0.15, -0.1) is 0 Å². The SMILES string of the molecule is O=C(c1ccc(C2NCCc3ccccc32)cc1)N1CCN(C(=O)C2(O)CC2)CC1. The Morgan fingerprint density at radius 3 is 2.30 bits per heavy atom. The number of carbonyl (C=O) groups excluding carboxylic acids is 2. The van der Waals surface area contributed by atoms with E-state index in [2.05, 4.69) is 29.6 Å². The number of piperazine rings is 1. The third-order valence-electron chi connectivity index (χ3n) is 6.58. The Hall–Kier alpha value is -2.70. The molecule has 1 saturated carbocycles. The number of nitrogens with zero attached hydrogens (tertiary/aromatic N) is 2. The van der Waals surface area contributed by atoms with E-state index in [1.54, 1.807) is 9.80 Å². The molecular weight excluding hydrogens is 378 g/mol. The van der Waals surface area contributed by atoms with E-state index in [4.69, 9.17) is 0 Å². The fourth-order valence-corrected chi connectivity index (χ4v) is 4.54. The summed E-state index contributed by atoms with van der Waals surface area (Å²) in [5, 5.41) is 13.6. The van der Waals surface area contributed by atoms with Crippen LogP contribution in [0.4, 0.5) is 0 Å². The number of hydrogen-bond acceptors (Lipinski definition) is 4. The van der Waals surface area contributed by atoms with Gasteiger partial charge in [0.05, 0.1) is 6.04 Å². The summed E-state index contributed by atoms with van der Waals surface area (Å²) >= 11 is 0. The summed E-state index contributed by atoms with van der Waals surface area (Å²) in [7, 11) is 0. The largest absolute Gasteiger partial charge is 0.380 e. The Morgan fingerprint density at radius 1 is 0.933 bits per heavy atom. The Labute approximate surface area is 176 Å². The first kappa shape index (κ1) is 19.3. The molecule has 5 rings (SSSR count). The van der Waals surface area contributed by atoms with Crippen molar-refractivity contribution >= 4 is 11.8 Å². The van der Waals surface area contributed by atoms with Crippen molar-refractivity contribution in [3.8, 4) is 0 Å². The van der Waals surface area contributed by atoms with Crippen LogP contribution in [-0.2, 0) is 11.2 Å². The zero-order chi connectivity index (χ0) is 20.7. The highest BCUT2D eigenvalue weighted by molar-refractivity contribution is 5.94. The highest BCUT2D eigenvalue weighted by atomic mass is 16.3. The molecule has 3 aliphatic rings. The molecule has 2 N–H and O–H groups in total. The van der Waals surface area contributed by atoms with E-state index in [0.717, 1.165) is 18.5 Å². The van der Waals surface area contributed by atoms with E-state index in [9.17, 15) is 14.7 Å². The second-order valence-corrected chi connectivity index (χ2v) is 8.57. The average Bonchev–Trinajstić information content (AvgIpc) is 3.56. The van der Waals surface area contributed by atoms with Crippen LogP contribution in [0.1, 0.15) is 45.9 Å². The van der Waals surface area contributed by atoms with E-state index in [-0.39, 0.29) is 17.9 Å². The van der Waals surface area contributed by atoms with Crippen LogP contribution >= 0.6 is 0 Å². The Morgan fingerprint density at radius 2 is 1.60 bits per heavy atom. The summed E-state index contributed by atoms with van der Waals surface area (Å²) in [5.74, 6) is -0.185. The summed E-state index contributed by atoms with van der Waals surface area (Å²) in [6.07, 6.45) is 2.14. The van der Waals surface area contributed by atoms with Gasteiger partial charge in [-0.05, 0) is 48.1 Å². The quantitative estimate of drug-likeness (QED) is 0.816. The van der Waals surface area contributed by atoms with Crippen LogP contribution in [0.3, 0.4) is 0 Å². The molecule has 1 atom stereocenters. The minimum Gasteiger partial charge on any atom is -0.380 e. The first-order chi connectivity index (χ1) is 14.5. The average molecular weight is 405 g/mol. The molecule has 0 spiro atoms. The molecule has 6 nitrogen and oxygen atoms in total. The number of benzene rings is 2. The van der Waals surface area contributed by atoms with E-state index in [1.807, 2.05) is 24.3 Å². The molecule has 1 unspecified atom stereocenters. The molecule has 2 aromatic carbocycles. The van der Waals surface area contributed by atoms with Crippen LogP contribution in [-0.4, -0.2) is 65.0 Å². The lowest BCUT2D eigenvalue weighted by atomic mass is 9.89. The van der Waals surface area contributed by atoms with Crippen molar-refractivity contribution in [2.45, 2.75) is 30.9 Å². The Kier molecular flexibility index (Phi) is 4.83. The monoisotopic (exact) mass is 405 g/mol. The lowest BCUT2D eigenvalue weighted by molar-refractivity contribution is -0.143. The predicted molar refractivity (Wildman–Crippen MR) is 113 cm³/mol. The molecule has 6 heteroatoms. The topological polar surface area (TPSA) is 72.9 Å². The van der Waals surface area contributed by atoms with E-state index in [1.165, 1.54) is 11.1 Å². The maximum atomic E-state index is 12.9. The van der Waals surface area contributed by atoms with Crippen molar-refractivity contribution in [3.63, 3.8) is 0 Å². The summed E-state index contributed by atoms with van der Waals surface area (Å²) in [6.45, 7) is 2.90. The van der Waals surface area contributed by atoms with Gasteiger partial charge in [0.2, 0.25) is 0 Å². The fraction of sp³-hybridized carbons (Fsp3) is 0.417. The zero-order valence-corrected chi connectivity index (χ0v) is 17.0. The zero-order valence-electron chi connectivity index (χ0n) is 17.0. The van der Waals surface area contributed by atoms with Gasteiger partial charge < -0.3 is 20.2 Å². The van der Waals surface area contributed by atoms with Gasteiger partial charge in [-0.3, -0.25) is 9.59 Å². The van der Waals surface area contributed by atoms with Gasteiger partial charge in [-0.25, -0.2) is 0 Å². The minimum absolute atomic E-state index is 0.00390. The van der Waals surface area contributed by atoms with Crippen LogP contribution in [0.25, 0.3) is 0 Å². The lowest BCUT2D eigenvalue weighted by Crippen LogP contribution is -2.53. The molecule has 30 heavy (non-hydrogen) atoms. The molecular formula is C24H27N3O3. The van der Waals surface area contributed by atoms with Crippen molar-refractivity contribution in [1.29, 1.82) is 0 Å². The Balaban J connectivity index is 1.24. The summed E-state index contributed by atoms with van der Waals surface area (Å²) < 4.78 is 0. The summed E-state index contributed by atoms with van der Waals surface area (Å²) in [6, 6.07) is 16.6. The fourth-order valence-electron chi connectivity index (χ4n) is 4.54. The van der Waals surface area contributed by atoms with Crippen molar-refractivity contribution in [2.24, 2.45) is 0 Å². The normalized spacial score (nSPS) is 22.4. The van der Waals surface area contributed by atoms with Gasteiger partial charge >= 0.3 is 0 Å². The van der Waals surface area contributed by atoms with Crippen LogP contribution < -0.4 is 5.32 Å². The van der Waals surface area contributed by atoms with E-state index >= 15 is 0 Å². The van der Waals surface area contributed by atoms with Crippen LogP contribution in [0, 0.1) is 0 Å². The summed E-state index contributed by atoms with van der Waals surface area (Å²) in [4.78, 5) is 28.7. The summed E-state index contributed by atoms with van der Waals surface area (Å²) in [5.41, 5.74) is 3.38. The first-order valence-electron chi connectivity index (χ1n) is 10.8. The maximum Gasteiger partial charge on any atom is 0.254 e. The molecule has 0 aromatic heterocycles. The van der Waals surface area contributed by atoms with Crippen LogP contribution in [0.5, 0.6) is 0 Å². The number of fused-ring (bicyclic) bond motifs is 1. The van der Waals surface area contributed by atoms with Gasteiger partial charge in [0, 0.05) is 38.3 Å². The molecule has 2 aliphatic heterocycles.